The summed E-state index contributed by atoms with van der Waals surface area (Å²) in [6.07, 6.45) is 4.84. The van der Waals surface area contributed by atoms with Crippen LogP contribution >= 0.6 is 24.2 Å². The first-order valence-electron chi connectivity index (χ1n) is 4.78. The van der Waals surface area contributed by atoms with Gasteiger partial charge in [-0.1, -0.05) is 0 Å². The highest BCUT2D eigenvalue weighted by Crippen LogP contribution is 2.43. The Morgan fingerprint density at radius 3 is 2.62 bits per heavy atom. The lowest BCUT2D eigenvalue weighted by Gasteiger charge is -2.41. The molecule has 13 heavy (non-hydrogen) atoms. The average molecular weight is 224 g/mol. The van der Waals surface area contributed by atoms with Gasteiger partial charge in [0.25, 0.3) is 0 Å². The molecule has 1 spiro atoms. The van der Waals surface area contributed by atoms with E-state index in [9.17, 15) is 0 Å². The van der Waals surface area contributed by atoms with Crippen LogP contribution in [0.4, 0.5) is 0 Å². The van der Waals surface area contributed by atoms with Crippen molar-refractivity contribution < 1.29 is 4.74 Å². The number of rotatable bonds is 0. The second kappa shape index (κ2) is 4.87. The molecule has 78 valence electrons. The smallest absolute Gasteiger partial charge is 0.0479 e. The van der Waals surface area contributed by atoms with Crippen LogP contribution in [0.5, 0.6) is 0 Å². The zero-order valence-electron chi connectivity index (χ0n) is 7.83. The minimum atomic E-state index is 0. The van der Waals surface area contributed by atoms with Gasteiger partial charge in [0.2, 0.25) is 0 Å². The van der Waals surface area contributed by atoms with Gasteiger partial charge in [0, 0.05) is 24.0 Å². The number of nitrogens with two attached hydrogens (primary N) is 1. The summed E-state index contributed by atoms with van der Waals surface area (Å²) in [6.45, 7) is 1.89. The molecule has 0 saturated carbocycles. The van der Waals surface area contributed by atoms with Gasteiger partial charge < -0.3 is 10.5 Å². The molecule has 0 aromatic carbocycles. The maximum Gasteiger partial charge on any atom is 0.0479 e. The lowest BCUT2D eigenvalue weighted by Crippen LogP contribution is -2.43. The normalized spacial score (nSPS) is 32.5. The van der Waals surface area contributed by atoms with Crippen molar-refractivity contribution in [2.24, 2.45) is 5.73 Å². The molecule has 2 aliphatic rings. The fourth-order valence-electron chi connectivity index (χ4n) is 2.16. The van der Waals surface area contributed by atoms with Crippen LogP contribution in [0.15, 0.2) is 0 Å². The average Bonchev–Trinajstić information content (AvgIpc) is 2.05. The van der Waals surface area contributed by atoms with E-state index in [1.165, 1.54) is 31.4 Å². The molecule has 2 fully saturated rings. The maximum absolute atomic E-state index is 5.99. The van der Waals surface area contributed by atoms with Crippen molar-refractivity contribution in [3.05, 3.63) is 0 Å². The largest absolute Gasteiger partial charge is 0.381 e. The Labute approximate surface area is 90.4 Å². The third-order valence-corrected chi connectivity index (χ3v) is 4.56. The van der Waals surface area contributed by atoms with Crippen LogP contribution in [0.3, 0.4) is 0 Å². The Bertz CT molecular complexity index is 156. The second-order valence-electron chi connectivity index (χ2n) is 3.90. The Morgan fingerprint density at radius 2 is 2.00 bits per heavy atom. The van der Waals surface area contributed by atoms with Crippen molar-refractivity contribution in [3.8, 4) is 0 Å². The molecule has 1 atom stereocenters. The second-order valence-corrected chi connectivity index (χ2v) is 5.46. The van der Waals surface area contributed by atoms with Gasteiger partial charge in [0.05, 0.1) is 0 Å². The van der Waals surface area contributed by atoms with E-state index in [0.29, 0.717) is 10.8 Å². The Morgan fingerprint density at radius 1 is 1.31 bits per heavy atom. The highest BCUT2D eigenvalue weighted by Gasteiger charge is 2.37. The Balaban J connectivity index is 0.000000845. The molecule has 2 aliphatic heterocycles. The lowest BCUT2D eigenvalue weighted by atomic mass is 9.90. The summed E-state index contributed by atoms with van der Waals surface area (Å²) in [4.78, 5) is 0. The minimum absolute atomic E-state index is 0. The molecule has 0 aromatic rings. The van der Waals surface area contributed by atoms with E-state index in [4.69, 9.17) is 10.5 Å². The molecule has 0 aromatic heterocycles. The van der Waals surface area contributed by atoms with Gasteiger partial charge in [-0.15, -0.1) is 12.4 Å². The van der Waals surface area contributed by atoms with Crippen molar-refractivity contribution in [1.82, 2.24) is 0 Å². The molecule has 2 heterocycles. The minimum Gasteiger partial charge on any atom is -0.381 e. The van der Waals surface area contributed by atoms with E-state index >= 15 is 0 Å². The number of thioether (sulfide) groups is 1. The SMILES string of the molecule is Cl.NC1CCSC2(CCOCC2)C1. The summed E-state index contributed by atoms with van der Waals surface area (Å²) >= 11 is 2.13. The van der Waals surface area contributed by atoms with Crippen LogP contribution < -0.4 is 5.73 Å². The molecule has 2 saturated heterocycles. The zero-order valence-corrected chi connectivity index (χ0v) is 9.46. The van der Waals surface area contributed by atoms with E-state index in [-0.39, 0.29) is 12.4 Å². The molecule has 2 rings (SSSR count). The highest BCUT2D eigenvalue weighted by atomic mass is 35.5. The molecular weight excluding hydrogens is 206 g/mol. The Hall–Kier alpha value is 0.560. The molecule has 2 nitrogen and oxygen atoms in total. The van der Waals surface area contributed by atoms with Gasteiger partial charge in [-0.25, -0.2) is 0 Å². The van der Waals surface area contributed by atoms with Crippen LogP contribution in [0.1, 0.15) is 25.7 Å². The van der Waals surface area contributed by atoms with Gasteiger partial charge in [0.15, 0.2) is 0 Å². The number of ether oxygens (including phenoxy) is 1. The van der Waals surface area contributed by atoms with Crippen LogP contribution in [-0.4, -0.2) is 29.8 Å². The molecule has 0 radical (unpaired) electrons. The molecule has 0 amide bonds. The fraction of sp³-hybridized carbons (Fsp3) is 1.00. The third-order valence-electron chi connectivity index (χ3n) is 2.94. The van der Waals surface area contributed by atoms with Crippen LogP contribution in [-0.2, 0) is 4.74 Å². The third kappa shape index (κ3) is 2.75. The predicted octanol–water partition coefficient (Wildman–Crippen LogP) is 1.81. The first kappa shape index (κ1) is 11.6. The fourth-order valence-corrected chi connectivity index (χ4v) is 3.80. The quantitative estimate of drug-likeness (QED) is 0.681. The van der Waals surface area contributed by atoms with E-state index < -0.39 is 0 Å². The molecule has 1 unspecified atom stereocenters. The summed E-state index contributed by atoms with van der Waals surface area (Å²) < 4.78 is 5.87. The molecule has 4 heteroatoms. The zero-order chi connectivity index (χ0) is 8.44. The topological polar surface area (TPSA) is 35.2 Å². The monoisotopic (exact) mass is 223 g/mol. The highest BCUT2D eigenvalue weighted by molar-refractivity contribution is 8.00. The predicted molar refractivity (Wildman–Crippen MR) is 59.7 cm³/mol. The summed E-state index contributed by atoms with van der Waals surface area (Å²) in [6, 6.07) is 0.448. The van der Waals surface area contributed by atoms with E-state index in [0.717, 1.165) is 13.2 Å². The van der Waals surface area contributed by atoms with E-state index in [2.05, 4.69) is 11.8 Å². The van der Waals surface area contributed by atoms with Crippen LogP contribution in [0, 0.1) is 0 Å². The molecule has 0 aliphatic carbocycles. The molecule has 2 N–H and O–H groups in total. The lowest BCUT2D eigenvalue weighted by molar-refractivity contribution is 0.0723. The van der Waals surface area contributed by atoms with E-state index in [1.807, 2.05) is 0 Å². The van der Waals surface area contributed by atoms with Crippen molar-refractivity contribution in [2.45, 2.75) is 36.5 Å². The van der Waals surface area contributed by atoms with Crippen molar-refractivity contribution >= 4 is 24.2 Å². The number of halogens is 1. The van der Waals surface area contributed by atoms with Gasteiger partial charge >= 0.3 is 0 Å². The van der Waals surface area contributed by atoms with Gasteiger partial charge in [-0.3, -0.25) is 0 Å². The van der Waals surface area contributed by atoms with Gasteiger partial charge in [0.1, 0.15) is 0 Å². The Kier molecular flexibility index (Phi) is 4.36. The van der Waals surface area contributed by atoms with Crippen molar-refractivity contribution in [2.75, 3.05) is 19.0 Å². The van der Waals surface area contributed by atoms with E-state index in [1.54, 1.807) is 0 Å². The summed E-state index contributed by atoms with van der Waals surface area (Å²) in [5.74, 6) is 1.25. The summed E-state index contributed by atoms with van der Waals surface area (Å²) in [5.41, 5.74) is 5.99. The summed E-state index contributed by atoms with van der Waals surface area (Å²) in [7, 11) is 0. The summed E-state index contributed by atoms with van der Waals surface area (Å²) in [5, 5.41) is 0. The van der Waals surface area contributed by atoms with Crippen LogP contribution in [0.2, 0.25) is 0 Å². The van der Waals surface area contributed by atoms with Gasteiger partial charge in [-0.05, 0) is 31.4 Å². The standard InChI is InChI=1S/C9H17NOS.ClH/c10-8-1-6-12-9(7-8)2-4-11-5-3-9;/h8H,1-7,10H2;1H. The number of hydrogen-bond donors (Lipinski definition) is 1. The first-order valence-corrected chi connectivity index (χ1v) is 5.77. The molecular formula is C9H18ClNOS. The van der Waals surface area contributed by atoms with Crippen molar-refractivity contribution in [3.63, 3.8) is 0 Å². The van der Waals surface area contributed by atoms with Crippen LogP contribution in [0.25, 0.3) is 0 Å². The number of hydrogen-bond acceptors (Lipinski definition) is 3. The van der Waals surface area contributed by atoms with Gasteiger partial charge in [-0.2, -0.15) is 11.8 Å². The van der Waals surface area contributed by atoms with Crippen molar-refractivity contribution in [1.29, 1.82) is 0 Å². The first-order chi connectivity index (χ1) is 5.81. The maximum atomic E-state index is 5.99. The molecule has 0 bridgehead atoms.